The van der Waals surface area contributed by atoms with Crippen LogP contribution in [0.3, 0.4) is 0 Å². The van der Waals surface area contributed by atoms with E-state index >= 15 is 0 Å². The average Bonchev–Trinajstić information content (AvgIpc) is 2.54. The van der Waals surface area contributed by atoms with Crippen LogP contribution in [0, 0.1) is 6.92 Å². The molecule has 0 N–H and O–H groups in total. The van der Waals surface area contributed by atoms with Crippen LogP contribution in [0.15, 0.2) is 21.3 Å². The van der Waals surface area contributed by atoms with E-state index in [0.717, 1.165) is 17.4 Å². The van der Waals surface area contributed by atoms with Crippen LogP contribution in [0.2, 0.25) is 5.02 Å². The molecule has 0 unspecified atom stereocenters. The minimum Gasteiger partial charge on any atom is -0.492 e. The molecule has 130 valence electrons. The van der Waals surface area contributed by atoms with Crippen molar-refractivity contribution in [2.45, 2.75) is 40.0 Å². The Hall–Kier alpha value is -2.01. The largest absolute Gasteiger partial charge is 0.492 e. The first-order valence-corrected chi connectivity index (χ1v) is 8.40. The summed E-state index contributed by atoms with van der Waals surface area (Å²) >= 11 is 6.25. The molecule has 5 nitrogen and oxygen atoms in total. The molecule has 0 aliphatic rings. The lowest BCUT2D eigenvalue weighted by Crippen LogP contribution is -2.13. The summed E-state index contributed by atoms with van der Waals surface area (Å²) in [6.07, 6.45) is 1.26. The van der Waals surface area contributed by atoms with E-state index in [1.807, 2.05) is 13.8 Å². The van der Waals surface area contributed by atoms with Crippen molar-refractivity contribution in [1.29, 1.82) is 0 Å². The minimum atomic E-state index is -0.451. The van der Waals surface area contributed by atoms with Gasteiger partial charge in [0.2, 0.25) is 0 Å². The van der Waals surface area contributed by atoms with Crippen molar-refractivity contribution >= 4 is 28.5 Å². The van der Waals surface area contributed by atoms with Crippen molar-refractivity contribution in [2.24, 2.45) is 0 Å². The predicted molar refractivity (Wildman–Crippen MR) is 93.0 cm³/mol. The van der Waals surface area contributed by atoms with Crippen molar-refractivity contribution in [3.05, 3.63) is 38.7 Å². The number of halogens is 1. The highest BCUT2D eigenvalue weighted by atomic mass is 35.5. The molecule has 0 fully saturated rings. The maximum Gasteiger partial charge on any atom is 0.339 e. The van der Waals surface area contributed by atoms with Crippen LogP contribution in [-0.2, 0) is 16.0 Å². The highest BCUT2D eigenvalue weighted by Gasteiger charge is 2.15. The Morgan fingerprint density at radius 3 is 2.71 bits per heavy atom. The van der Waals surface area contributed by atoms with E-state index in [0.29, 0.717) is 35.1 Å². The lowest BCUT2D eigenvalue weighted by Gasteiger charge is -2.11. The molecule has 0 aliphatic heterocycles. The van der Waals surface area contributed by atoms with Crippen LogP contribution >= 0.6 is 11.6 Å². The Kier molecular flexibility index (Phi) is 6.26. The van der Waals surface area contributed by atoms with Gasteiger partial charge in [0.1, 0.15) is 11.3 Å². The summed E-state index contributed by atoms with van der Waals surface area (Å²) in [5.41, 5.74) is 1.20. The zero-order valence-corrected chi connectivity index (χ0v) is 14.9. The number of aryl methyl sites for hydroxylation is 1. The van der Waals surface area contributed by atoms with Gasteiger partial charge in [0, 0.05) is 23.4 Å². The number of hydrogen-bond acceptors (Lipinski definition) is 5. The second-order valence-electron chi connectivity index (χ2n) is 5.43. The topological polar surface area (TPSA) is 65.7 Å². The molecule has 1 aromatic carbocycles. The number of fused-ring (bicyclic) bond motifs is 1. The van der Waals surface area contributed by atoms with Crippen molar-refractivity contribution in [3.8, 4) is 5.75 Å². The highest BCUT2D eigenvalue weighted by molar-refractivity contribution is 6.32. The number of carbonyl (C=O) groups is 1. The normalized spacial score (nSPS) is 10.8. The van der Waals surface area contributed by atoms with Gasteiger partial charge in [-0.25, -0.2) is 4.79 Å². The van der Waals surface area contributed by atoms with Crippen LogP contribution < -0.4 is 10.4 Å². The number of hydrogen-bond donors (Lipinski definition) is 0. The minimum absolute atomic E-state index is 0.135. The van der Waals surface area contributed by atoms with Gasteiger partial charge >= 0.3 is 11.6 Å². The van der Waals surface area contributed by atoms with Gasteiger partial charge in [-0.15, -0.1) is 0 Å². The molecule has 0 spiro atoms. The summed E-state index contributed by atoms with van der Waals surface area (Å²) < 4.78 is 15.8. The molecule has 6 heteroatoms. The molecular weight excluding hydrogens is 332 g/mol. The molecule has 24 heavy (non-hydrogen) atoms. The highest BCUT2D eigenvalue weighted by Crippen LogP contribution is 2.32. The van der Waals surface area contributed by atoms with Crippen LogP contribution in [-0.4, -0.2) is 19.2 Å². The van der Waals surface area contributed by atoms with Crippen molar-refractivity contribution in [2.75, 3.05) is 13.2 Å². The monoisotopic (exact) mass is 352 g/mol. The van der Waals surface area contributed by atoms with E-state index in [-0.39, 0.29) is 18.8 Å². The lowest BCUT2D eigenvalue weighted by molar-refractivity contribution is -0.143. The van der Waals surface area contributed by atoms with E-state index in [2.05, 4.69) is 0 Å². The molecule has 0 radical (unpaired) electrons. The third-order valence-electron chi connectivity index (χ3n) is 3.69. The van der Waals surface area contributed by atoms with E-state index in [1.165, 1.54) is 0 Å². The van der Waals surface area contributed by atoms with Gasteiger partial charge in [-0.1, -0.05) is 18.5 Å². The van der Waals surface area contributed by atoms with Crippen molar-refractivity contribution < 1.29 is 18.7 Å². The van der Waals surface area contributed by atoms with Crippen LogP contribution in [0.4, 0.5) is 0 Å². The molecule has 0 bridgehead atoms. The summed E-state index contributed by atoms with van der Waals surface area (Å²) in [6, 6.07) is 3.37. The zero-order chi connectivity index (χ0) is 17.7. The number of esters is 1. The Bertz CT molecular complexity index is 794. The first-order valence-electron chi connectivity index (χ1n) is 8.02. The fourth-order valence-corrected chi connectivity index (χ4v) is 2.68. The van der Waals surface area contributed by atoms with Gasteiger partial charge in [-0.05, 0) is 38.3 Å². The van der Waals surface area contributed by atoms with Gasteiger partial charge in [-0.3, -0.25) is 4.79 Å². The summed E-state index contributed by atoms with van der Waals surface area (Å²) in [5.74, 6) is 0.158. The van der Waals surface area contributed by atoms with Gasteiger partial charge in [0.05, 0.1) is 18.2 Å². The molecule has 0 amide bonds. The number of carbonyl (C=O) groups excluding carboxylic acids is 1. The van der Waals surface area contributed by atoms with Gasteiger partial charge in [-0.2, -0.15) is 0 Å². The SMILES string of the molecule is CCCOc1cc2oc(=O)c(CCC(=O)OCC)c(C)c2cc1Cl. The third kappa shape index (κ3) is 4.09. The Morgan fingerprint density at radius 2 is 2.04 bits per heavy atom. The van der Waals surface area contributed by atoms with Gasteiger partial charge in [0.15, 0.2) is 0 Å². The third-order valence-corrected chi connectivity index (χ3v) is 3.98. The van der Waals surface area contributed by atoms with E-state index in [9.17, 15) is 9.59 Å². The number of benzene rings is 1. The number of rotatable bonds is 7. The second-order valence-corrected chi connectivity index (χ2v) is 5.83. The Morgan fingerprint density at radius 1 is 1.29 bits per heavy atom. The first-order chi connectivity index (χ1) is 11.5. The van der Waals surface area contributed by atoms with Crippen molar-refractivity contribution in [1.82, 2.24) is 0 Å². The summed E-state index contributed by atoms with van der Waals surface area (Å²) in [6.45, 7) is 6.41. The molecule has 2 rings (SSSR count). The van der Waals surface area contributed by atoms with Crippen LogP contribution in [0.25, 0.3) is 11.0 Å². The van der Waals surface area contributed by atoms with Crippen LogP contribution in [0.5, 0.6) is 5.75 Å². The molecule has 0 atom stereocenters. The Labute approximate surface area is 145 Å². The summed E-state index contributed by atoms with van der Waals surface area (Å²) in [7, 11) is 0. The van der Waals surface area contributed by atoms with Gasteiger partial charge < -0.3 is 13.9 Å². The fourth-order valence-electron chi connectivity index (χ4n) is 2.46. The Balaban J connectivity index is 2.38. The maximum absolute atomic E-state index is 12.2. The molecule has 0 saturated carbocycles. The molecule has 0 aliphatic carbocycles. The molecule has 0 saturated heterocycles. The average molecular weight is 353 g/mol. The van der Waals surface area contributed by atoms with E-state index in [4.69, 9.17) is 25.5 Å². The fraction of sp³-hybridized carbons (Fsp3) is 0.444. The molecule has 1 heterocycles. The second kappa shape index (κ2) is 8.20. The van der Waals surface area contributed by atoms with E-state index < -0.39 is 5.63 Å². The zero-order valence-electron chi connectivity index (χ0n) is 14.1. The predicted octanol–water partition coefficient (Wildman–Crippen LogP) is 4.04. The first kappa shape index (κ1) is 18.3. The smallest absolute Gasteiger partial charge is 0.339 e. The molecule has 2 aromatic rings. The molecular formula is C18H21ClO5. The summed E-state index contributed by atoms with van der Waals surface area (Å²) in [5, 5.41) is 1.20. The van der Waals surface area contributed by atoms with Crippen molar-refractivity contribution in [3.63, 3.8) is 0 Å². The van der Waals surface area contributed by atoms with Crippen LogP contribution in [0.1, 0.15) is 37.8 Å². The number of ether oxygens (including phenoxy) is 2. The lowest BCUT2D eigenvalue weighted by atomic mass is 10.0. The summed E-state index contributed by atoms with van der Waals surface area (Å²) in [4.78, 5) is 23.8. The quantitative estimate of drug-likeness (QED) is 0.555. The molecule has 1 aromatic heterocycles. The maximum atomic E-state index is 12.2. The standard InChI is InChI=1S/C18H21ClO5/c1-4-8-23-16-10-15-13(9-14(16)19)11(3)12(18(21)24-15)6-7-17(20)22-5-2/h9-10H,4-8H2,1-3H3. The van der Waals surface area contributed by atoms with E-state index in [1.54, 1.807) is 19.1 Å². The van der Waals surface area contributed by atoms with Gasteiger partial charge in [0.25, 0.3) is 0 Å².